The second-order valence-electron chi connectivity index (χ2n) is 7.51. The van der Waals surface area contributed by atoms with E-state index >= 15 is 0 Å². The Hall–Kier alpha value is -2.56. The van der Waals surface area contributed by atoms with Gasteiger partial charge in [-0.3, -0.25) is 4.98 Å². The summed E-state index contributed by atoms with van der Waals surface area (Å²) < 4.78 is 27.6. The van der Waals surface area contributed by atoms with Crippen molar-refractivity contribution in [2.75, 3.05) is 25.1 Å². The molecule has 5 rings (SSSR count). The highest BCUT2D eigenvalue weighted by Gasteiger charge is 2.32. The van der Waals surface area contributed by atoms with Gasteiger partial charge in [0.2, 0.25) is 10.0 Å². The molecule has 1 aliphatic heterocycles. The molecule has 0 aliphatic carbocycles. The molecule has 4 heterocycles. The summed E-state index contributed by atoms with van der Waals surface area (Å²) in [6.45, 7) is 0.873. The average molecular weight is 487 g/mol. The number of pyridine rings is 1. The van der Waals surface area contributed by atoms with Gasteiger partial charge >= 0.3 is 0 Å². The van der Waals surface area contributed by atoms with Crippen LogP contribution in [0.3, 0.4) is 0 Å². The number of benzene rings is 1. The maximum absolute atomic E-state index is 11.9. The van der Waals surface area contributed by atoms with Gasteiger partial charge in [-0.05, 0) is 46.1 Å². The summed E-state index contributed by atoms with van der Waals surface area (Å²) in [7, 11) is -3.23. The third-order valence-corrected chi connectivity index (χ3v) is 7.65. The molecule has 4 aromatic rings. The van der Waals surface area contributed by atoms with Crippen LogP contribution in [0.2, 0.25) is 0 Å². The number of rotatable bonds is 3. The summed E-state index contributed by atoms with van der Waals surface area (Å²) in [5, 5.41) is 5.46. The molecule has 1 unspecified atom stereocenters. The third-order valence-electron chi connectivity index (χ3n) is 5.57. The highest BCUT2D eigenvalue weighted by Crippen LogP contribution is 2.37. The zero-order valence-electron chi connectivity index (χ0n) is 16.2. The smallest absolute Gasteiger partial charge is 0.211 e. The number of nitrogens with two attached hydrogens (primary N) is 1. The van der Waals surface area contributed by atoms with E-state index in [0.29, 0.717) is 35.4 Å². The molecule has 30 heavy (non-hydrogen) atoms. The van der Waals surface area contributed by atoms with E-state index in [-0.39, 0.29) is 5.92 Å². The molecule has 0 bridgehead atoms. The molecule has 0 spiro atoms. The fraction of sp³-hybridized carbons (Fsp3) is 0.250. The van der Waals surface area contributed by atoms with Gasteiger partial charge in [0, 0.05) is 36.2 Å². The van der Waals surface area contributed by atoms with Crippen molar-refractivity contribution < 1.29 is 8.42 Å². The number of nitrogen functional groups attached to an aromatic ring is 1. The number of hydrogen-bond donors (Lipinski definition) is 1. The Balaban J connectivity index is 1.63. The summed E-state index contributed by atoms with van der Waals surface area (Å²) in [5.74, 6) is 0.409. The number of aromatic nitrogens is 4. The summed E-state index contributed by atoms with van der Waals surface area (Å²) in [5.41, 5.74) is 10.5. The van der Waals surface area contributed by atoms with Crippen molar-refractivity contribution in [2.45, 2.75) is 12.3 Å². The first-order valence-electron chi connectivity index (χ1n) is 9.46. The van der Waals surface area contributed by atoms with E-state index in [1.165, 1.54) is 10.6 Å². The molecule has 0 amide bonds. The van der Waals surface area contributed by atoms with E-state index < -0.39 is 10.0 Å². The van der Waals surface area contributed by atoms with E-state index in [1.807, 2.05) is 24.3 Å². The predicted molar refractivity (Wildman–Crippen MR) is 120 cm³/mol. The minimum Gasteiger partial charge on any atom is -0.383 e. The molecule has 1 fully saturated rings. The van der Waals surface area contributed by atoms with E-state index in [0.717, 1.165) is 27.7 Å². The molecular weight excluding hydrogens is 468 g/mol. The minimum atomic E-state index is -3.23. The Morgan fingerprint density at radius 2 is 2.10 bits per heavy atom. The number of anilines is 1. The van der Waals surface area contributed by atoms with Gasteiger partial charge in [-0.1, -0.05) is 12.1 Å². The first kappa shape index (κ1) is 19.4. The Bertz CT molecular complexity index is 1400. The number of hydrogen-bond acceptors (Lipinski definition) is 6. The van der Waals surface area contributed by atoms with Crippen LogP contribution >= 0.6 is 15.9 Å². The van der Waals surface area contributed by atoms with Crippen LogP contribution in [0.4, 0.5) is 5.82 Å². The zero-order chi connectivity index (χ0) is 21.0. The van der Waals surface area contributed by atoms with Crippen LogP contribution in [0.25, 0.3) is 27.7 Å². The first-order valence-corrected chi connectivity index (χ1v) is 12.1. The summed E-state index contributed by atoms with van der Waals surface area (Å²) in [4.78, 5) is 9.26. The molecule has 1 aromatic carbocycles. The Morgan fingerprint density at radius 3 is 2.87 bits per heavy atom. The van der Waals surface area contributed by atoms with Crippen LogP contribution < -0.4 is 5.73 Å². The molecule has 1 saturated heterocycles. The second-order valence-corrected chi connectivity index (χ2v) is 10.3. The molecule has 10 heteroatoms. The normalized spacial score (nSPS) is 17.9. The Labute approximate surface area is 181 Å². The molecule has 0 radical (unpaired) electrons. The van der Waals surface area contributed by atoms with Crippen LogP contribution in [-0.2, 0) is 10.0 Å². The third kappa shape index (κ3) is 3.15. The number of fused-ring (bicyclic) bond motifs is 2. The van der Waals surface area contributed by atoms with Crippen LogP contribution in [0, 0.1) is 0 Å². The fourth-order valence-corrected chi connectivity index (χ4v) is 5.45. The Kier molecular flexibility index (Phi) is 4.53. The lowest BCUT2D eigenvalue weighted by Crippen LogP contribution is -2.27. The summed E-state index contributed by atoms with van der Waals surface area (Å²) in [6.07, 6.45) is 5.45. The van der Waals surface area contributed by atoms with Crippen molar-refractivity contribution in [1.29, 1.82) is 0 Å². The molecular formula is C20H19BrN6O2S. The van der Waals surface area contributed by atoms with Crippen molar-refractivity contribution in [1.82, 2.24) is 23.9 Å². The summed E-state index contributed by atoms with van der Waals surface area (Å²) in [6, 6.07) is 9.94. The molecule has 2 N–H and O–H groups in total. The molecule has 3 aromatic heterocycles. The number of nitrogens with zero attached hydrogens (tertiary/aromatic N) is 5. The van der Waals surface area contributed by atoms with Gasteiger partial charge in [-0.2, -0.15) is 9.61 Å². The fourth-order valence-electron chi connectivity index (χ4n) is 3.98. The highest BCUT2D eigenvalue weighted by atomic mass is 79.9. The van der Waals surface area contributed by atoms with Crippen LogP contribution in [0.15, 0.2) is 47.2 Å². The van der Waals surface area contributed by atoms with E-state index in [1.54, 1.807) is 16.9 Å². The highest BCUT2D eigenvalue weighted by molar-refractivity contribution is 9.10. The van der Waals surface area contributed by atoms with Gasteiger partial charge in [0.25, 0.3) is 0 Å². The van der Waals surface area contributed by atoms with Gasteiger partial charge < -0.3 is 5.73 Å². The number of sulfonamides is 1. The van der Waals surface area contributed by atoms with Gasteiger partial charge in [-0.25, -0.2) is 17.7 Å². The second kappa shape index (κ2) is 7.00. The van der Waals surface area contributed by atoms with Gasteiger partial charge in [-0.15, -0.1) is 0 Å². The zero-order valence-corrected chi connectivity index (χ0v) is 18.6. The van der Waals surface area contributed by atoms with E-state index in [2.05, 4.69) is 32.1 Å². The first-order chi connectivity index (χ1) is 14.3. The monoisotopic (exact) mass is 486 g/mol. The van der Waals surface area contributed by atoms with Gasteiger partial charge in [0.15, 0.2) is 5.65 Å². The molecule has 154 valence electrons. The number of halogens is 1. The lowest BCUT2D eigenvalue weighted by atomic mass is 10.0. The van der Waals surface area contributed by atoms with E-state index in [9.17, 15) is 8.42 Å². The minimum absolute atomic E-state index is 0.0371. The lowest BCUT2D eigenvalue weighted by molar-refractivity contribution is 0.477. The SMILES string of the molecule is CS(=O)(=O)N1CCC(c2nc3c(-c4ccc5ncccc5c4)cnn3c(N)c2Br)C1. The lowest BCUT2D eigenvalue weighted by Gasteiger charge is -2.16. The van der Waals surface area contributed by atoms with Crippen LogP contribution in [-0.4, -0.2) is 51.7 Å². The van der Waals surface area contributed by atoms with Gasteiger partial charge in [0.1, 0.15) is 5.82 Å². The topological polar surface area (TPSA) is 106 Å². The molecule has 1 atom stereocenters. The van der Waals surface area contributed by atoms with E-state index in [4.69, 9.17) is 10.7 Å². The quantitative estimate of drug-likeness (QED) is 0.476. The van der Waals surface area contributed by atoms with Crippen LogP contribution in [0.5, 0.6) is 0 Å². The van der Waals surface area contributed by atoms with Crippen molar-refractivity contribution in [3.05, 3.63) is 52.9 Å². The van der Waals surface area contributed by atoms with Crippen molar-refractivity contribution in [3.8, 4) is 11.1 Å². The molecule has 8 nitrogen and oxygen atoms in total. The molecule has 0 saturated carbocycles. The predicted octanol–water partition coefficient (Wildman–Crippen LogP) is 3.04. The van der Waals surface area contributed by atoms with Crippen molar-refractivity contribution in [2.24, 2.45) is 0 Å². The Morgan fingerprint density at radius 1 is 1.27 bits per heavy atom. The maximum atomic E-state index is 11.9. The average Bonchev–Trinajstić information content (AvgIpc) is 3.37. The summed E-state index contributed by atoms with van der Waals surface area (Å²) >= 11 is 3.56. The van der Waals surface area contributed by atoms with Crippen LogP contribution in [0.1, 0.15) is 18.0 Å². The molecule has 1 aliphatic rings. The van der Waals surface area contributed by atoms with Crippen molar-refractivity contribution >= 4 is 48.3 Å². The van der Waals surface area contributed by atoms with Gasteiger partial charge in [0.05, 0.1) is 28.1 Å². The largest absolute Gasteiger partial charge is 0.383 e. The standard InChI is InChI=1S/C20H19BrN6O2S/c1-30(28,29)26-8-6-14(11-26)18-17(21)19(22)27-20(25-18)15(10-24-27)12-4-5-16-13(9-12)3-2-7-23-16/h2-5,7,9-10,14H,6,8,11,22H2,1H3. The maximum Gasteiger partial charge on any atom is 0.211 e. The van der Waals surface area contributed by atoms with Crippen molar-refractivity contribution in [3.63, 3.8) is 0 Å².